The highest BCUT2D eigenvalue weighted by Gasteiger charge is 2.28. The number of para-hydroxylation sites is 5. The predicted octanol–water partition coefficient (Wildman–Crippen LogP) is 36.0. The van der Waals surface area contributed by atoms with Gasteiger partial charge in [-0.25, -0.2) is 0 Å². The van der Waals surface area contributed by atoms with Gasteiger partial charge in [-0.15, -0.1) is 0 Å². The van der Waals surface area contributed by atoms with Crippen molar-refractivity contribution in [2.75, 3.05) is 0 Å². The molecule has 0 radical (unpaired) electrons. The number of aromatic nitrogens is 2. The van der Waals surface area contributed by atoms with Crippen molar-refractivity contribution in [3.63, 3.8) is 0 Å². The van der Waals surface area contributed by atoms with E-state index in [4.69, 9.17) is 13.3 Å². The van der Waals surface area contributed by atoms with Crippen LogP contribution in [0.15, 0.2) is 481 Å². The van der Waals surface area contributed by atoms with E-state index in [1.165, 1.54) is 191 Å². The summed E-state index contributed by atoms with van der Waals surface area (Å²) in [5.41, 5.74) is 29.4. The minimum Gasteiger partial charge on any atom is -0.456 e. The predicted molar refractivity (Wildman–Crippen MR) is 562 cm³/mol. The quantitative estimate of drug-likeness (QED) is 0.135. The number of rotatable bonds is 9. The van der Waals surface area contributed by atoms with Gasteiger partial charge in [0.05, 0.1) is 5.52 Å². The normalized spacial score (nSPS) is 11.8. The molecule has 0 bridgehead atoms. The first-order chi connectivity index (χ1) is 65.9. The van der Waals surface area contributed by atoms with Crippen molar-refractivity contribution in [1.82, 2.24) is 9.55 Å². The van der Waals surface area contributed by atoms with Crippen molar-refractivity contribution >= 4 is 174 Å². The maximum absolute atomic E-state index is 6.73. The average Bonchev–Trinajstić information content (AvgIpc) is 1.70. The maximum Gasteiger partial charge on any atom is 0.143 e. The molecule has 0 atom stereocenters. The Kier molecular flexibility index (Phi) is 18.1. The third kappa shape index (κ3) is 12.6. The summed E-state index contributed by atoms with van der Waals surface area (Å²) in [4.78, 5) is 4.43. The highest BCUT2D eigenvalue weighted by atomic mass is 16.3. The molecule has 0 saturated heterocycles. The Morgan fingerprint density at radius 1 is 0.188 bits per heavy atom. The largest absolute Gasteiger partial charge is 0.456 e. The minimum atomic E-state index is 0.891. The molecule has 0 spiro atoms. The molecule has 0 fully saturated rings. The molecule has 28 rings (SSSR count). The van der Waals surface area contributed by atoms with Gasteiger partial charge in [0.15, 0.2) is 0 Å². The number of fused-ring (bicyclic) bond motifs is 20. The van der Waals surface area contributed by atoms with E-state index in [-0.39, 0.29) is 0 Å². The average molecular weight is 1690 g/mol. The Morgan fingerprint density at radius 3 is 1.02 bits per heavy atom. The second kappa shape index (κ2) is 31.5. The van der Waals surface area contributed by atoms with Crippen LogP contribution in [0, 0.1) is 0 Å². The van der Waals surface area contributed by atoms with E-state index in [2.05, 4.69) is 447 Å². The van der Waals surface area contributed by atoms with Gasteiger partial charge in [0, 0.05) is 95.9 Å². The third-order valence-electron chi connectivity index (χ3n) is 27.5. The molecular weight excluding hydrogens is 1610 g/mol. The zero-order valence-corrected chi connectivity index (χ0v) is 72.6. The van der Waals surface area contributed by atoms with E-state index in [0.717, 1.165) is 82.5 Å². The van der Waals surface area contributed by atoms with Crippen molar-refractivity contribution in [3.05, 3.63) is 467 Å². The van der Waals surface area contributed by atoms with E-state index in [0.29, 0.717) is 0 Å². The van der Waals surface area contributed by atoms with Crippen LogP contribution in [0.4, 0.5) is 0 Å². The van der Waals surface area contributed by atoms with E-state index in [9.17, 15) is 0 Å². The van der Waals surface area contributed by atoms with Crippen LogP contribution in [0.2, 0.25) is 0 Å². The van der Waals surface area contributed by atoms with Gasteiger partial charge in [-0.2, -0.15) is 0 Å². The first kappa shape index (κ1) is 76.7. The molecule has 5 heteroatoms. The Balaban J connectivity index is 0.000000105. The SMILES string of the molecule is Cn1c2ccccc2c2cccc(-c3cc(-c4c5ccccc5c(-c5ccccc5)c5ccccc45)cc4c3oc3ccccc34)c21.c1ccc(-c2c3ccccc3c(-c3cc(-c4cccnc4)c4oc5ccccc5c4c3)c3ccccc23)cc1.c1ccc2cc(-c3c4ccccc4c(-c4ccc5oc6ccccc6c5c4-c4ccc5ccccc5c4)c4ccccc34)ccc2c1. The van der Waals surface area contributed by atoms with Crippen molar-refractivity contribution < 1.29 is 13.3 Å². The molecule has 5 aromatic heterocycles. The Bertz CT molecular complexity index is 9440. The number of pyridine rings is 1. The van der Waals surface area contributed by atoms with Gasteiger partial charge in [-0.05, 0) is 237 Å². The molecule has 28 aromatic rings. The van der Waals surface area contributed by atoms with Gasteiger partial charge in [0.2, 0.25) is 0 Å². The molecule has 0 unspecified atom stereocenters. The van der Waals surface area contributed by atoms with Crippen LogP contribution in [0.3, 0.4) is 0 Å². The zero-order chi connectivity index (χ0) is 87.7. The molecular formula is C128H80N2O3. The first-order valence-electron chi connectivity index (χ1n) is 45.6. The summed E-state index contributed by atoms with van der Waals surface area (Å²) in [7, 11) is 2.18. The lowest BCUT2D eigenvalue weighted by Gasteiger charge is -2.20. The number of hydrogen-bond acceptors (Lipinski definition) is 4. The summed E-state index contributed by atoms with van der Waals surface area (Å²) in [6, 6.07) is 164. The van der Waals surface area contributed by atoms with Crippen LogP contribution in [-0.2, 0) is 7.05 Å². The molecule has 0 amide bonds. The van der Waals surface area contributed by atoms with Gasteiger partial charge in [0.1, 0.15) is 33.5 Å². The minimum absolute atomic E-state index is 0.891. The fourth-order valence-corrected chi connectivity index (χ4v) is 21.8. The number of hydrogen-bond donors (Lipinski definition) is 0. The number of benzene rings is 23. The van der Waals surface area contributed by atoms with Crippen LogP contribution < -0.4 is 0 Å². The van der Waals surface area contributed by atoms with E-state index >= 15 is 0 Å². The summed E-state index contributed by atoms with van der Waals surface area (Å²) in [5, 5.41) is 29.2. The zero-order valence-electron chi connectivity index (χ0n) is 72.6. The molecule has 0 aliphatic heterocycles. The molecule has 0 saturated carbocycles. The Morgan fingerprint density at radius 2 is 0.549 bits per heavy atom. The van der Waals surface area contributed by atoms with Crippen molar-refractivity contribution in [2.45, 2.75) is 0 Å². The fraction of sp³-hybridized carbons (Fsp3) is 0.00781. The van der Waals surface area contributed by atoms with Gasteiger partial charge < -0.3 is 17.8 Å². The molecule has 23 aromatic carbocycles. The number of aryl methyl sites for hydroxylation is 1. The van der Waals surface area contributed by atoms with Crippen LogP contribution in [0.25, 0.3) is 274 Å². The van der Waals surface area contributed by atoms with Gasteiger partial charge in [-0.3, -0.25) is 4.98 Å². The van der Waals surface area contributed by atoms with E-state index in [1.807, 2.05) is 36.7 Å². The second-order valence-corrected chi connectivity index (χ2v) is 34.9. The summed E-state index contributed by atoms with van der Waals surface area (Å²) < 4.78 is 22.0. The van der Waals surface area contributed by atoms with Gasteiger partial charge >= 0.3 is 0 Å². The Hall–Kier alpha value is -17.5. The summed E-state index contributed by atoms with van der Waals surface area (Å²) >= 11 is 0. The number of furan rings is 3. The van der Waals surface area contributed by atoms with Crippen LogP contribution in [0.1, 0.15) is 0 Å². The molecule has 620 valence electrons. The lowest BCUT2D eigenvalue weighted by atomic mass is 9.82. The smallest absolute Gasteiger partial charge is 0.143 e. The topological polar surface area (TPSA) is 57.2 Å². The monoisotopic (exact) mass is 1690 g/mol. The van der Waals surface area contributed by atoms with Crippen LogP contribution in [-0.4, -0.2) is 9.55 Å². The third-order valence-corrected chi connectivity index (χ3v) is 27.5. The standard InChI is InChI=1S/C46H28O.C45H29NO.C37H23NO/c1-3-13-31-27-33(23-21-29(31)11-1)43-35-15-5-7-17-37(35)45(38-18-8-6-16-36(38)43)40-25-26-42-46(39-19-9-10-20-41(39)47-42)44(40)34-24-22-30-12-2-4-14-32(30)28-34;1-46-40-24-11-9-16-30(40)36-22-13-23-37(44(36)46)39-27-29(26-38-31-17-10-12-25-41(31)47-45(38)39)43-34-20-7-5-18-32(34)42(28-14-3-2-4-15-28)33-19-6-8-21-35(33)43;1-2-11-24(12-3-1)35-28-15-4-6-17-30(28)36(31-18-7-5-16-29(31)35)26-21-32(25-13-10-20-38-23-25)37-33(22-26)27-14-8-9-19-34(27)39-37/h1-28H;2-27H,1H3;1-23H. The lowest BCUT2D eigenvalue weighted by molar-refractivity contribution is 0.669. The van der Waals surface area contributed by atoms with E-state index in [1.54, 1.807) is 0 Å². The van der Waals surface area contributed by atoms with Gasteiger partial charge in [-0.1, -0.05) is 376 Å². The van der Waals surface area contributed by atoms with Crippen molar-refractivity contribution in [2.24, 2.45) is 7.05 Å². The fourth-order valence-electron chi connectivity index (χ4n) is 21.8. The summed E-state index contributed by atoms with van der Waals surface area (Å²) in [6.07, 6.45) is 3.73. The highest BCUT2D eigenvalue weighted by Crippen LogP contribution is 2.54. The maximum atomic E-state index is 6.73. The molecule has 5 heterocycles. The summed E-state index contributed by atoms with van der Waals surface area (Å²) in [5.74, 6) is 0. The second-order valence-electron chi connectivity index (χ2n) is 34.9. The molecule has 133 heavy (non-hydrogen) atoms. The molecule has 5 nitrogen and oxygen atoms in total. The molecule has 0 aliphatic carbocycles. The van der Waals surface area contributed by atoms with Crippen LogP contribution in [0.5, 0.6) is 0 Å². The Labute approximate surface area is 765 Å². The van der Waals surface area contributed by atoms with Gasteiger partial charge in [0.25, 0.3) is 0 Å². The molecule has 0 N–H and O–H groups in total. The van der Waals surface area contributed by atoms with Crippen molar-refractivity contribution in [1.29, 1.82) is 0 Å². The van der Waals surface area contributed by atoms with Crippen LogP contribution >= 0.6 is 0 Å². The van der Waals surface area contributed by atoms with Crippen molar-refractivity contribution in [3.8, 4) is 100 Å². The van der Waals surface area contributed by atoms with E-state index < -0.39 is 0 Å². The number of nitrogens with zero attached hydrogens (tertiary/aromatic N) is 2. The molecule has 0 aliphatic rings. The lowest BCUT2D eigenvalue weighted by Crippen LogP contribution is -1.93. The highest BCUT2D eigenvalue weighted by molar-refractivity contribution is 6.29. The summed E-state index contributed by atoms with van der Waals surface area (Å²) in [6.45, 7) is 0. The first-order valence-corrected chi connectivity index (χ1v) is 45.6.